The number of fused-ring (bicyclic) bond motifs is 2. The van der Waals surface area contributed by atoms with Gasteiger partial charge in [0, 0.05) is 24.3 Å². The van der Waals surface area contributed by atoms with Crippen LogP contribution in [0.2, 0.25) is 0 Å². The van der Waals surface area contributed by atoms with E-state index >= 15 is 0 Å². The van der Waals surface area contributed by atoms with E-state index in [4.69, 9.17) is 0 Å². The summed E-state index contributed by atoms with van der Waals surface area (Å²) >= 11 is 0. The van der Waals surface area contributed by atoms with E-state index in [1.54, 1.807) is 6.92 Å². The highest BCUT2D eigenvalue weighted by Gasteiger charge is 2.86. The molecule has 7 rings (SSSR count). The lowest BCUT2D eigenvalue weighted by molar-refractivity contribution is -0.183. The molecule has 0 aromatic rings. The normalized spacial score (nSPS) is 60.8. The van der Waals surface area contributed by atoms with E-state index in [9.17, 15) is 9.90 Å². The quantitative estimate of drug-likeness (QED) is 0.685. The average Bonchev–Trinajstić information content (AvgIpc) is 2.87. The van der Waals surface area contributed by atoms with Crippen LogP contribution >= 0.6 is 0 Å². The van der Waals surface area contributed by atoms with Crippen LogP contribution < -0.4 is 0 Å². The lowest BCUT2D eigenvalue weighted by Gasteiger charge is -2.66. The minimum atomic E-state index is -0.676. The van der Waals surface area contributed by atoms with Gasteiger partial charge in [0.05, 0.1) is 11.6 Å². The predicted molar refractivity (Wildman–Crippen MR) is 95.6 cm³/mol. The zero-order chi connectivity index (χ0) is 17.4. The van der Waals surface area contributed by atoms with Gasteiger partial charge in [-0.3, -0.25) is 4.79 Å². The van der Waals surface area contributed by atoms with Crippen molar-refractivity contribution in [3.63, 3.8) is 0 Å². The Bertz CT molecular complexity index is 717. The molecular weight excluding hydrogens is 310 g/mol. The third-order valence-electron chi connectivity index (χ3n) is 10.3. The zero-order valence-corrected chi connectivity index (χ0v) is 15.7. The molecule has 136 valence electrons. The van der Waals surface area contributed by atoms with Crippen LogP contribution in [0.15, 0.2) is 12.2 Å². The number of hydrogen-bond donors (Lipinski definition) is 1. The van der Waals surface area contributed by atoms with Gasteiger partial charge in [-0.2, -0.15) is 0 Å². The summed E-state index contributed by atoms with van der Waals surface area (Å²) in [7, 11) is 0. The third-order valence-corrected chi connectivity index (χ3v) is 10.3. The minimum Gasteiger partial charge on any atom is -0.387 e. The Hall–Kier alpha value is -0.830. The van der Waals surface area contributed by atoms with E-state index in [1.807, 2.05) is 0 Å². The summed E-state index contributed by atoms with van der Waals surface area (Å²) in [5, 5.41) is 12.3. The standard InChI is InChI=1S/C22H31NO2/c1-13-10-20-8-5-15(13)9-16(20)21-7-4-6-19(3)12-23(14(2)24)18(21)22(20,25)11-17(19)21/h15-18,25H,1,4-12H2,2-3H3/t15?,16?,17-,18?,19?,20-,21?,22?/m1/s1. The van der Waals surface area contributed by atoms with Gasteiger partial charge in [0.15, 0.2) is 0 Å². The largest absolute Gasteiger partial charge is 0.387 e. The summed E-state index contributed by atoms with van der Waals surface area (Å²) in [4.78, 5) is 14.8. The molecule has 1 aliphatic heterocycles. The molecule has 7 fully saturated rings. The van der Waals surface area contributed by atoms with Gasteiger partial charge in [0.25, 0.3) is 0 Å². The van der Waals surface area contributed by atoms with E-state index in [-0.39, 0.29) is 28.2 Å². The molecule has 3 heteroatoms. The van der Waals surface area contributed by atoms with Crippen LogP contribution in [0.3, 0.4) is 0 Å². The molecule has 1 heterocycles. The molecule has 1 saturated heterocycles. The summed E-state index contributed by atoms with van der Waals surface area (Å²) in [5.41, 5.74) is 1.12. The Labute approximate surface area is 150 Å². The van der Waals surface area contributed by atoms with Gasteiger partial charge < -0.3 is 10.0 Å². The van der Waals surface area contributed by atoms with Crippen LogP contribution in [0.4, 0.5) is 0 Å². The maximum absolute atomic E-state index is 12.7. The molecule has 7 bridgehead atoms. The van der Waals surface area contributed by atoms with Crippen LogP contribution in [0.5, 0.6) is 0 Å². The van der Waals surface area contributed by atoms with Gasteiger partial charge in [0.2, 0.25) is 5.91 Å². The summed E-state index contributed by atoms with van der Waals surface area (Å²) < 4.78 is 0. The van der Waals surface area contributed by atoms with E-state index < -0.39 is 5.60 Å². The number of amides is 1. The van der Waals surface area contributed by atoms with Crippen molar-refractivity contribution in [1.29, 1.82) is 0 Å². The Morgan fingerprint density at radius 1 is 1.28 bits per heavy atom. The van der Waals surface area contributed by atoms with E-state index in [1.165, 1.54) is 37.7 Å². The smallest absolute Gasteiger partial charge is 0.219 e. The monoisotopic (exact) mass is 341 g/mol. The molecule has 6 aliphatic carbocycles. The number of allylic oxidation sites excluding steroid dienone is 1. The first-order valence-corrected chi connectivity index (χ1v) is 10.5. The number of nitrogens with zero attached hydrogens (tertiary/aromatic N) is 1. The van der Waals surface area contributed by atoms with Crippen LogP contribution in [0, 0.1) is 34.0 Å². The van der Waals surface area contributed by atoms with Gasteiger partial charge >= 0.3 is 0 Å². The van der Waals surface area contributed by atoms with Crippen LogP contribution in [0.1, 0.15) is 65.2 Å². The lowest BCUT2D eigenvalue weighted by Crippen LogP contribution is -2.64. The zero-order valence-electron chi connectivity index (χ0n) is 15.7. The van der Waals surface area contributed by atoms with Crippen molar-refractivity contribution in [2.45, 2.75) is 76.9 Å². The van der Waals surface area contributed by atoms with E-state index in [0.29, 0.717) is 17.8 Å². The highest BCUT2D eigenvalue weighted by Crippen LogP contribution is 2.84. The highest BCUT2D eigenvalue weighted by atomic mass is 16.3. The van der Waals surface area contributed by atoms with Crippen molar-refractivity contribution in [3.8, 4) is 0 Å². The van der Waals surface area contributed by atoms with E-state index in [2.05, 4.69) is 18.4 Å². The van der Waals surface area contributed by atoms with E-state index in [0.717, 1.165) is 25.8 Å². The first-order valence-electron chi connectivity index (χ1n) is 10.5. The van der Waals surface area contributed by atoms with Gasteiger partial charge in [-0.05, 0) is 68.1 Å². The number of rotatable bonds is 0. The number of hydrogen-bond acceptors (Lipinski definition) is 2. The maximum atomic E-state index is 12.7. The van der Waals surface area contributed by atoms with Gasteiger partial charge in [-0.15, -0.1) is 0 Å². The van der Waals surface area contributed by atoms with Gasteiger partial charge in [0.1, 0.15) is 0 Å². The molecule has 8 atom stereocenters. The molecule has 2 spiro atoms. The molecule has 0 radical (unpaired) electrons. The first kappa shape index (κ1) is 15.2. The second-order valence-electron chi connectivity index (χ2n) is 10.9. The second kappa shape index (κ2) is 4.03. The molecule has 0 aromatic heterocycles. The summed E-state index contributed by atoms with van der Waals surface area (Å²) in [5.74, 6) is 2.08. The molecule has 7 aliphatic rings. The molecule has 6 unspecified atom stereocenters. The Morgan fingerprint density at radius 3 is 2.80 bits per heavy atom. The summed E-state index contributed by atoms with van der Waals surface area (Å²) in [6, 6.07) is 0.0746. The third kappa shape index (κ3) is 1.31. The first-order chi connectivity index (χ1) is 11.8. The molecule has 3 nitrogen and oxygen atoms in total. The van der Waals surface area contributed by atoms with Crippen molar-refractivity contribution < 1.29 is 9.90 Å². The summed E-state index contributed by atoms with van der Waals surface area (Å²) in [6.07, 6.45) is 9.29. The van der Waals surface area contributed by atoms with Crippen LogP contribution in [-0.4, -0.2) is 34.1 Å². The highest BCUT2D eigenvalue weighted by molar-refractivity contribution is 5.75. The molecule has 1 N–H and O–H groups in total. The average molecular weight is 341 g/mol. The van der Waals surface area contributed by atoms with Gasteiger partial charge in [-0.25, -0.2) is 0 Å². The maximum Gasteiger partial charge on any atom is 0.219 e. The van der Waals surface area contributed by atoms with Crippen molar-refractivity contribution in [1.82, 2.24) is 4.90 Å². The van der Waals surface area contributed by atoms with Crippen molar-refractivity contribution >= 4 is 5.91 Å². The van der Waals surface area contributed by atoms with Crippen LogP contribution in [-0.2, 0) is 4.79 Å². The number of carbonyl (C=O) groups is 1. The SMILES string of the molecule is C=C1C[C@]23CCC1CC2C12CCCC4(C)CN(C(C)=O)C1C3(O)C[C@H]42. The summed E-state index contributed by atoms with van der Waals surface area (Å²) in [6.45, 7) is 9.42. The molecule has 25 heavy (non-hydrogen) atoms. The lowest BCUT2D eigenvalue weighted by atomic mass is 9.40. The second-order valence-corrected chi connectivity index (χ2v) is 10.9. The number of aliphatic hydroxyl groups is 1. The Balaban J connectivity index is 1.62. The minimum absolute atomic E-state index is 0.0102. The number of piperidine rings is 1. The van der Waals surface area contributed by atoms with Gasteiger partial charge in [-0.1, -0.05) is 25.5 Å². The molecule has 6 saturated carbocycles. The number of likely N-dealkylation sites (tertiary alicyclic amines) is 1. The van der Waals surface area contributed by atoms with Crippen LogP contribution in [0.25, 0.3) is 0 Å². The Morgan fingerprint density at radius 2 is 2.08 bits per heavy atom. The predicted octanol–water partition coefficient (Wildman–Crippen LogP) is 3.52. The topological polar surface area (TPSA) is 40.5 Å². The molecule has 0 aromatic carbocycles. The fourth-order valence-electron chi connectivity index (χ4n) is 9.79. The number of carbonyl (C=O) groups excluding carboxylic acids is 1. The fourth-order valence-corrected chi connectivity index (χ4v) is 9.79. The van der Waals surface area contributed by atoms with Crippen molar-refractivity contribution in [3.05, 3.63) is 12.2 Å². The van der Waals surface area contributed by atoms with Crippen molar-refractivity contribution in [2.75, 3.05) is 6.54 Å². The fraction of sp³-hybridized carbons (Fsp3) is 0.864. The molecular formula is C22H31NO2. The van der Waals surface area contributed by atoms with Crippen molar-refractivity contribution in [2.24, 2.45) is 34.0 Å². The molecule has 1 amide bonds. The Kier molecular flexibility index (Phi) is 2.46.